The number of aryl methyl sites for hydroxylation is 1. The van der Waals surface area contributed by atoms with E-state index in [1.54, 1.807) is 25.3 Å². The number of ether oxygens (including phenoxy) is 1. The molecule has 1 N–H and O–H groups in total. The predicted octanol–water partition coefficient (Wildman–Crippen LogP) is 4.67. The van der Waals surface area contributed by atoms with Crippen LogP contribution < -0.4 is 5.32 Å². The van der Waals surface area contributed by atoms with Crippen molar-refractivity contribution in [1.82, 2.24) is 14.5 Å². The molecule has 0 unspecified atom stereocenters. The van der Waals surface area contributed by atoms with Crippen molar-refractivity contribution >= 4 is 11.6 Å². The summed E-state index contributed by atoms with van der Waals surface area (Å²) in [7, 11) is 0. The fourth-order valence-corrected chi connectivity index (χ4v) is 3.75. The number of hydrogen-bond acceptors (Lipinski definition) is 4. The van der Waals surface area contributed by atoms with Gasteiger partial charge < -0.3 is 14.6 Å². The lowest BCUT2D eigenvalue weighted by molar-refractivity contribution is -0.137. The number of nitrogens with one attached hydrogen (secondary N) is 1. The van der Waals surface area contributed by atoms with Crippen molar-refractivity contribution in [1.29, 1.82) is 0 Å². The van der Waals surface area contributed by atoms with Crippen LogP contribution >= 0.6 is 0 Å². The van der Waals surface area contributed by atoms with Gasteiger partial charge >= 0.3 is 6.18 Å². The van der Waals surface area contributed by atoms with E-state index >= 15 is 0 Å². The number of carbonyl (C=O) groups excluding carboxylic acids is 1. The normalized spacial score (nSPS) is 17.2. The van der Waals surface area contributed by atoms with E-state index in [-0.39, 0.29) is 11.4 Å². The van der Waals surface area contributed by atoms with Crippen molar-refractivity contribution in [2.24, 2.45) is 0 Å². The highest BCUT2D eigenvalue weighted by Gasteiger charge is 2.31. The van der Waals surface area contributed by atoms with Crippen LogP contribution in [-0.4, -0.2) is 46.2 Å². The molecule has 0 saturated carbocycles. The predicted molar refractivity (Wildman–Crippen MR) is 118 cm³/mol. The molecule has 1 aromatic heterocycles. The number of benzene rings is 2. The zero-order valence-corrected chi connectivity index (χ0v) is 18.4. The first-order valence-corrected chi connectivity index (χ1v) is 10.6. The summed E-state index contributed by atoms with van der Waals surface area (Å²) in [6.45, 7) is 6.83. The smallest absolute Gasteiger partial charge is 0.379 e. The quantitative estimate of drug-likeness (QED) is 0.604. The number of hydrogen-bond donors (Lipinski definition) is 1. The molecule has 33 heavy (non-hydrogen) atoms. The fourth-order valence-electron chi connectivity index (χ4n) is 3.75. The standard InChI is InChI=1S/C24H25F3N4O2/c1-16-12-31(15-28-16)22-10-20(24(25,26)27)9-21(11-22)29-23(32)19-5-3-18(4-6-19)13-30-7-8-33-14-17(30)2/h3-6,9-12,15,17H,7-8,13-14H2,1-2H3,(H,29,32)/t17-/m0/s1. The molecule has 0 bridgehead atoms. The molecule has 0 radical (unpaired) electrons. The molecule has 1 fully saturated rings. The number of amides is 1. The molecule has 2 heterocycles. The number of rotatable bonds is 5. The third-order valence-corrected chi connectivity index (χ3v) is 5.62. The van der Waals surface area contributed by atoms with E-state index in [1.165, 1.54) is 17.0 Å². The van der Waals surface area contributed by atoms with Crippen molar-refractivity contribution < 1.29 is 22.7 Å². The van der Waals surface area contributed by atoms with Gasteiger partial charge in [0.1, 0.15) is 0 Å². The minimum atomic E-state index is -4.55. The topological polar surface area (TPSA) is 59.4 Å². The molecular weight excluding hydrogens is 433 g/mol. The molecule has 1 aliphatic heterocycles. The van der Waals surface area contributed by atoms with E-state index in [2.05, 4.69) is 22.1 Å². The number of aromatic nitrogens is 2. The lowest BCUT2D eigenvalue weighted by Crippen LogP contribution is -2.42. The number of alkyl halides is 3. The molecule has 0 aliphatic carbocycles. The fraction of sp³-hybridized carbons (Fsp3) is 0.333. The number of halogens is 3. The third-order valence-electron chi connectivity index (χ3n) is 5.62. The van der Waals surface area contributed by atoms with Gasteiger partial charge in [0.05, 0.1) is 30.8 Å². The van der Waals surface area contributed by atoms with Crippen LogP contribution in [0.25, 0.3) is 5.69 Å². The highest BCUT2D eigenvalue weighted by atomic mass is 19.4. The van der Waals surface area contributed by atoms with E-state index in [1.807, 2.05) is 12.1 Å². The lowest BCUT2D eigenvalue weighted by Gasteiger charge is -2.33. The second-order valence-electron chi connectivity index (χ2n) is 8.23. The van der Waals surface area contributed by atoms with Gasteiger partial charge in [-0.05, 0) is 49.7 Å². The Kier molecular flexibility index (Phi) is 6.53. The summed E-state index contributed by atoms with van der Waals surface area (Å²) >= 11 is 0. The second kappa shape index (κ2) is 9.36. The van der Waals surface area contributed by atoms with E-state index in [9.17, 15) is 18.0 Å². The van der Waals surface area contributed by atoms with Crippen LogP contribution in [0.2, 0.25) is 0 Å². The Balaban J connectivity index is 1.51. The van der Waals surface area contributed by atoms with Crippen molar-refractivity contribution in [3.8, 4) is 5.69 Å². The van der Waals surface area contributed by atoms with Crippen molar-refractivity contribution in [2.45, 2.75) is 32.6 Å². The summed E-state index contributed by atoms with van der Waals surface area (Å²) in [4.78, 5) is 19.1. The van der Waals surface area contributed by atoms with E-state index in [0.717, 1.165) is 30.8 Å². The Bertz CT molecular complexity index is 1130. The average Bonchev–Trinajstić information content (AvgIpc) is 3.21. The van der Waals surface area contributed by atoms with Gasteiger partial charge in [-0.2, -0.15) is 13.2 Å². The molecule has 0 spiro atoms. The van der Waals surface area contributed by atoms with Gasteiger partial charge in [-0.1, -0.05) is 12.1 Å². The molecule has 1 atom stereocenters. The minimum absolute atomic E-state index is 0.0578. The maximum atomic E-state index is 13.4. The molecule has 1 aliphatic rings. The van der Waals surface area contributed by atoms with Gasteiger partial charge in [-0.3, -0.25) is 9.69 Å². The largest absolute Gasteiger partial charge is 0.416 e. The molecule has 3 aromatic rings. The highest BCUT2D eigenvalue weighted by Crippen LogP contribution is 2.33. The maximum Gasteiger partial charge on any atom is 0.416 e. The number of imidazole rings is 1. The van der Waals surface area contributed by atoms with Crippen LogP contribution in [0, 0.1) is 6.92 Å². The van der Waals surface area contributed by atoms with Crippen LogP contribution in [0.3, 0.4) is 0 Å². The van der Waals surface area contributed by atoms with Gasteiger partial charge in [-0.15, -0.1) is 0 Å². The third kappa shape index (κ3) is 5.61. The van der Waals surface area contributed by atoms with Crippen molar-refractivity contribution in [3.05, 3.63) is 77.4 Å². The zero-order valence-electron chi connectivity index (χ0n) is 18.4. The van der Waals surface area contributed by atoms with Crippen LogP contribution in [0.1, 0.15) is 34.1 Å². The molecule has 2 aromatic carbocycles. The Morgan fingerprint density at radius 2 is 1.97 bits per heavy atom. The Morgan fingerprint density at radius 3 is 2.61 bits per heavy atom. The first kappa shape index (κ1) is 23.0. The van der Waals surface area contributed by atoms with Gasteiger partial charge in [-0.25, -0.2) is 4.98 Å². The summed E-state index contributed by atoms with van der Waals surface area (Å²) in [6, 6.07) is 10.9. The second-order valence-corrected chi connectivity index (χ2v) is 8.23. The zero-order chi connectivity index (χ0) is 23.6. The average molecular weight is 458 g/mol. The number of nitrogens with zero attached hydrogens (tertiary/aromatic N) is 3. The summed E-state index contributed by atoms with van der Waals surface area (Å²) < 4.78 is 47.3. The SMILES string of the molecule is Cc1cn(-c2cc(NC(=O)c3ccc(CN4CCOC[C@@H]4C)cc3)cc(C(F)(F)F)c2)cn1. The van der Waals surface area contributed by atoms with E-state index in [0.29, 0.717) is 30.5 Å². The Morgan fingerprint density at radius 1 is 1.21 bits per heavy atom. The molecule has 4 rings (SSSR count). The molecule has 1 saturated heterocycles. The van der Waals surface area contributed by atoms with Crippen LogP contribution in [0.4, 0.5) is 18.9 Å². The summed E-state index contributed by atoms with van der Waals surface area (Å²) in [5.41, 5.74) is 1.56. The van der Waals surface area contributed by atoms with Gasteiger partial charge in [0.15, 0.2) is 0 Å². The number of carbonyl (C=O) groups is 1. The van der Waals surface area contributed by atoms with Gasteiger partial charge in [0.2, 0.25) is 0 Å². The summed E-state index contributed by atoms with van der Waals surface area (Å²) in [6.07, 6.45) is -1.50. The Hall–Kier alpha value is -3.17. The summed E-state index contributed by atoms with van der Waals surface area (Å²) in [5.74, 6) is -0.478. The number of anilines is 1. The molecule has 9 heteroatoms. The van der Waals surface area contributed by atoms with Crippen LogP contribution in [0.15, 0.2) is 55.0 Å². The Labute approximate surface area is 190 Å². The highest BCUT2D eigenvalue weighted by molar-refractivity contribution is 6.04. The van der Waals surface area contributed by atoms with Crippen LogP contribution in [0.5, 0.6) is 0 Å². The van der Waals surface area contributed by atoms with Gasteiger partial charge in [0, 0.05) is 42.3 Å². The molecule has 174 valence electrons. The van der Waals surface area contributed by atoms with E-state index in [4.69, 9.17) is 4.74 Å². The first-order valence-electron chi connectivity index (χ1n) is 10.6. The molecule has 6 nitrogen and oxygen atoms in total. The van der Waals surface area contributed by atoms with Crippen molar-refractivity contribution in [3.63, 3.8) is 0 Å². The number of morpholine rings is 1. The first-order chi connectivity index (χ1) is 15.7. The van der Waals surface area contributed by atoms with Crippen molar-refractivity contribution in [2.75, 3.05) is 25.1 Å². The molecular formula is C24H25F3N4O2. The monoisotopic (exact) mass is 458 g/mol. The van der Waals surface area contributed by atoms with Gasteiger partial charge in [0.25, 0.3) is 5.91 Å². The molecule has 1 amide bonds. The summed E-state index contributed by atoms with van der Waals surface area (Å²) in [5, 5.41) is 2.60. The van der Waals surface area contributed by atoms with Crippen LogP contribution in [-0.2, 0) is 17.5 Å². The minimum Gasteiger partial charge on any atom is -0.379 e. The van der Waals surface area contributed by atoms with E-state index < -0.39 is 17.6 Å². The maximum absolute atomic E-state index is 13.4. The lowest BCUT2D eigenvalue weighted by atomic mass is 10.1.